The average Bonchev–Trinajstić information content (AvgIpc) is 2.41. The molecule has 0 aliphatic heterocycles. The first-order valence-electron chi connectivity index (χ1n) is 5.35. The first-order chi connectivity index (χ1) is 8.99. The highest BCUT2D eigenvalue weighted by Crippen LogP contribution is 1.94. The van der Waals surface area contributed by atoms with Crippen molar-refractivity contribution in [1.29, 1.82) is 0 Å². The van der Waals surface area contributed by atoms with E-state index in [2.05, 4.69) is 18.9 Å². The standard InChI is InChI=1S/C10H18O9/c1-15-9(13)18-5-7(11)3-17-4-8(12)6-19-10(14)16-2/h7-8,11-12H,3-6H2,1-2H3. The SMILES string of the molecule is COC(=O)OCC(O)COCC(O)COC(=O)OC. The van der Waals surface area contributed by atoms with Crippen LogP contribution < -0.4 is 0 Å². The normalized spacial score (nSPS) is 13.3. The summed E-state index contributed by atoms with van der Waals surface area (Å²) in [6, 6.07) is 0. The fourth-order valence-corrected chi connectivity index (χ4v) is 0.883. The number of aliphatic hydroxyl groups excluding tert-OH is 2. The molecule has 9 heteroatoms. The maximum Gasteiger partial charge on any atom is 0.508 e. The lowest BCUT2D eigenvalue weighted by Gasteiger charge is -2.14. The summed E-state index contributed by atoms with van der Waals surface area (Å²) in [5, 5.41) is 18.6. The molecule has 0 fully saturated rings. The third kappa shape index (κ3) is 10.1. The van der Waals surface area contributed by atoms with Gasteiger partial charge in [0, 0.05) is 0 Å². The van der Waals surface area contributed by atoms with Gasteiger partial charge in [-0.1, -0.05) is 0 Å². The molecule has 0 aliphatic rings. The monoisotopic (exact) mass is 282 g/mol. The largest absolute Gasteiger partial charge is 0.508 e. The second kappa shape index (κ2) is 10.4. The summed E-state index contributed by atoms with van der Waals surface area (Å²) in [5.41, 5.74) is 0. The number of rotatable bonds is 8. The van der Waals surface area contributed by atoms with E-state index in [-0.39, 0.29) is 26.4 Å². The number of methoxy groups -OCH3 is 2. The van der Waals surface area contributed by atoms with Gasteiger partial charge < -0.3 is 33.9 Å². The number of aliphatic hydroxyl groups is 2. The molecule has 0 saturated carbocycles. The van der Waals surface area contributed by atoms with Crippen LogP contribution in [-0.4, -0.2) is 75.4 Å². The van der Waals surface area contributed by atoms with Crippen molar-refractivity contribution in [2.24, 2.45) is 0 Å². The predicted octanol–water partition coefficient (Wildman–Crippen LogP) is -0.709. The van der Waals surface area contributed by atoms with Gasteiger partial charge >= 0.3 is 12.3 Å². The summed E-state index contributed by atoms with van der Waals surface area (Å²) in [6.07, 6.45) is -3.92. The van der Waals surface area contributed by atoms with Crippen LogP contribution in [0.5, 0.6) is 0 Å². The van der Waals surface area contributed by atoms with Gasteiger partial charge in [-0.25, -0.2) is 9.59 Å². The van der Waals surface area contributed by atoms with Gasteiger partial charge in [-0.05, 0) is 0 Å². The highest BCUT2D eigenvalue weighted by molar-refractivity contribution is 5.59. The molecule has 2 N–H and O–H groups in total. The van der Waals surface area contributed by atoms with Crippen LogP contribution in [0.4, 0.5) is 9.59 Å². The van der Waals surface area contributed by atoms with E-state index in [1.54, 1.807) is 0 Å². The lowest BCUT2D eigenvalue weighted by molar-refractivity contribution is -0.0492. The molecule has 0 bridgehead atoms. The third-order valence-electron chi connectivity index (χ3n) is 1.74. The molecule has 0 saturated heterocycles. The zero-order valence-corrected chi connectivity index (χ0v) is 10.7. The van der Waals surface area contributed by atoms with Gasteiger partial charge in [-0.15, -0.1) is 0 Å². The van der Waals surface area contributed by atoms with Crippen LogP contribution >= 0.6 is 0 Å². The van der Waals surface area contributed by atoms with Crippen molar-refractivity contribution in [3.8, 4) is 0 Å². The molecular formula is C10H18O9. The van der Waals surface area contributed by atoms with E-state index in [9.17, 15) is 19.8 Å². The van der Waals surface area contributed by atoms with E-state index in [1.807, 2.05) is 0 Å². The zero-order chi connectivity index (χ0) is 14.7. The fourth-order valence-electron chi connectivity index (χ4n) is 0.883. The molecule has 112 valence electrons. The Morgan fingerprint density at radius 2 is 1.21 bits per heavy atom. The van der Waals surface area contributed by atoms with Crippen molar-refractivity contribution in [3.63, 3.8) is 0 Å². The van der Waals surface area contributed by atoms with Crippen molar-refractivity contribution in [1.82, 2.24) is 0 Å². The maximum atomic E-state index is 10.6. The molecule has 0 aromatic rings. The number of hydrogen-bond acceptors (Lipinski definition) is 9. The number of ether oxygens (including phenoxy) is 5. The van der Waals surface area contributed by atoms with Gasteiger partial charge in [0.05, 0.1) is 27.4 Å². The maximum absolute atomic E-state index is 10.6. The lowest BCUT2D eigenvalue weighted by Crippen LogP contribution is -2.28. The zero-order valence-electron chi connectivity index (χ0n) is 10.7. The van der Waals surface area contributed by atoms with Crippen LogP contribution in [-0.2, 0) is 23.7 Å². The van der Waals surface area contributed by atoms with E-state index < -0.39 is 24.5 Å². The van der Waals surface area contributed by atoms with Gasteiger partial charge in [0.25, 0.3) is 0 Å². The first-order valence-corrected chi connectivity index (χ1v) is 5.35. The Hall–Kier alpha value is -1.58. The van der Waals surface area contributed by atoms with Gasteiger partial charge in [-0.2, -0.15) is 0 Å². The Kier molecular flexibility index (Phi) is 9.49. The molecule has 0 rings (SSSR count). The Labute approximate surface area is 110 Å². The average molecular weight is 282 g/mol. The van der Waals surface area contributed by atoms with Crippen molar-refractivity contribution in [2.75, 3.05) is 40.6 Å². The van der Waals surface area contributed by atoms with Gasteiger partial charge in [0.2, 0.25) is 0 Å². The van der Waals surface area contributed by atoms with Crippen LogP contribution in [0.25, 0.3) is 0 Å². The molecule has 9 nitrogen and oxygen atoms in total. The first kappa shape index (κ1) is 17.4. The summed E-state index contributed by atoms with van der Waals surface area (Å²) >= 11 is 0. The summed E-state index contributed by atoms with van der Waals surface area (Å²) in [6.45, 7) is -0.901. The predicted molar refractivity (Wildman–Crippen MR) is 59.5 cm³/mol. The van der Waals surface area contributed by atoms with E-state index in [0.717, 1.165) is 14.2 Å². The van der Waals surface area contributed by atoms with Crippen LogP contribution in [0.3, 0.4) is 0 Å². The summed E-state index contributed by atoms with van der Waals surface area (Å²) in [4.78, 5) is 21.2. The molecular weight excluding hydrogens is 264 g/mol. The van der Waals surface area contributed by atoms with Gasteiger partial charge in [-0.3, -0.25) is 0 Å². The topological polar surface area (TPSA) is 121 Å². The van der Waals surface area contributed by atoms with E-state index in [0.29, 0.717) is 0 Å². The minimum atomic E-state index is -1.05. The fraction of sp³-hybridized carbons (Fsp3) is 0.800. The van der Waals surface area contributed by atoms with Gasteiger partial charge in [0.15, 0.2) is 0 Å². The molecule has 2 atom stereocenters. The minimum absolute atomic E-state index is 0.160. The Bertz CT molecular complexity index is 242. The second-order valence-corrected chi connectivity index (χ2v) is 3.38. The molecule has 0 aromatic carbocycles. The van der Waals surface area contributed by atoms with Crippen LogP contribution in [0.1, 0.15) is 0 Å². The Morgan fingerprint density at radius 3 is 1.53 bits per heavy atom. The quantitative estimate of drug-likeness (QED) is 0.556. The van der Waals surface area contributed by atoms with Crippen molar-refractivity contribution >= 4 is 12.3 Å². The highest BCUT2D eigenvalue weighted by Gasteiger charge is 2.12. The van der Waals surface area contributed by atoms with E-state index in [4.69, 9.17) is 4.74 Å². The Morgan fingerprint density at radius 1 is 0.842 bits per heavy atom. The molecule has 0 aliphatic carbocycles. The van der Waals surface area contributed by atoms with E-state index in [1.165, 1.54) is 0 Å². The molecule has 0 aromatic heterocycles. The van der Waals surface area contributed by atoms with Crippen LogP contribution in [0.15, 0.2) is 0 Å². The molecule has 0 heterocycles. The van der Waals surface area contributed by atoms with Crippen LogP contribution in [0.2, 0.25) is 0 Å². The number of carbonyl (C=O) groups excluding carboxylic acids is 2. The summed E-state index contributed by atoms with van der Waals surface area (Å²) < 4.78 is 22.2. The lowest BCUT2D eigenvalue weighted by atomic mass is 10.4. The number of carbonyl (C=O) groups is 2. The molecule has 0 radical (unpaired) electrons. The summed E-state index contributed by atoms with van der Waals surface area (Å²) in [5.74, 6) is 0. The third-order valence-corrected chi connectivity index (χ3v) is 1.74. The smallest absolute Gasteiger partial charge is 0.438 e. The molecule has 2 unspecified atom stereocenters. The highest BCUT2D eigenvalue weighted by atomic mass is 16.7. The van der Waals surface area contributed by atoms with Gasteiger partial charge in [0.1, 0.15) is 25.4 Å². The number of hydrogen-bond donors (Lipinski definition) is 2. The molecule has 19 heavy (non-hydrogen) atoms. The van der Waals surface area contributed by atoms with Crippen molar-refractivity contribution in [3.05, 3.63) is 0 Å². The Balaban J connectivity index is 3.55. The van der Waals surface area contributed by atoms with Crippen LogP contribution in [0, 0.1) is 0 Å². The molecule has 0 amide bonds. The van der Waals surface area contributed by atoms with Crippen molar-refractivity contribution in [2.45, 2.75) is 12.2 Å². The molecule has 0 spiro atoms. The van der Waals surface area contributed by atoms with Crippen molar-refractivity contribution < 1.29 is 43.5 Å². The second-order valence-electron chi connectivity index (χ2n) is 3.38. The summed E-state index contributed by atoms with van der Waals surface area (Å²) in [7, 11) is 2.28. The minimum Gasteiger partial charge on any atom is -0.438 e. The van der Waals surface area contributed by atoms with E-state index >= 15 is 0 Å².